The van der Waals surface area contributed by atoms with Gasteiger partial charge in [0.15, 0.2) is 17.5 Å². The fourth-order valence-corrected chi connectivity index (χ4v) is 2.24. The van der Waals surface area contributed by atoms with Gasteiger partial charge in [-0.1, -0.05) is 0 Å². The summed E-state index contributed by atoms with van der Waals surface area (Å²) < 4.78 is 63.7. The molecule has 0 heterocycles. The standard InChI is InChI=1S/C9H11F3N2O2S/c10-6-2-3-7(9(12)8(6)11)17(15,16)14-5-1-4-13/h2-3,14H,1,4-5,13H2. The molecule has 96 valence electrons. The number of hydrogen-bond acceptors (Lipinski definition) is 3. The van der Waals surface area contributed by atoms with Gasteiger partial charge in [0.1, 0.15) is 4.90 Å². The lowest BCUT2D eigenvalue weighted by molar-refractivity contribution is 0.431. The van der Waals surface area contributed by atoms with E-state index in [9.17, 15) is 21.6 Å². The van der Waals surface area contributed by atoms with E-state index in [0.717, 1.165) is 0 Å². The van der Waals surface area contributed by atoms with E-state index in [1.165, 1.54) is 0 Å². The van der Waals surface area contributed by atoms with Crippen molar-refractivity contribution < 1.29 is 21.6 Å². The van der Waals surface area contributed by atoms with Crippen LogP contribution < -0.4 is 10.5 Å². The minimum absolute atomic E-state index is 0.00271. The quantitative estimate of drug-likeness (QED) is 0.611. The highest BCUT2D eigenvalue weighted by molar-refractivity contribution is 7.89. The summed E-state index contributed by atoms with van der Waals surface area (Å²) in [4.78, 5) is -0.923. The van der Waals surface area contributed by atoms with Crippen molar-refractivity contribution in [2.75, 3.05) is 13.1 Å². The van der Waals surface area contributed by atoms with Gasteiger partial charge in [0.2, 0.25) is 10.0 Å². The van der Waals surface area contributed by atoms with E-state index in [2.05, 4.69) is 0 Å². The van der Waals surface area contributed by atoms with Gasteiger partial charge in [-0.2, -0.15) is 0 Å². The van der Waals surface area contributed by atoms with E-state index >= 15 is 0 Å². The fraction of sp³-hybridized carbons (Fsp3) is 0.333. The molecule has 1 rings (SSSR count). The number of hydrogen-bond donors (Lipinski definition) is 2. The Kier molecular flexibility index (Phi) is 4.49. The molecule has 0 bridgehead atoms. The molecule has 1 aromatic carbocycles. The molecule has 0 saturated carbocycles. The van der Waals surface area contributed by atoms with E-state index < -0.39 is 32.4 Å². The van der Waals surface area contributed by atoms with Gasteiger partial charge in [0.25, 0.3) is 0 Å². The number of nitrogens with one attached hydrogen (secondary N) is 1. The van der Waals surface area contributed by atoms with E-state index in [4.69, 9.17) is 5.73 Å². The first-order valence-corrected chi connectivity index (χ1v) is 6.21. The maximum absolute atomic E-state index is 13.2. The molecule has 0 amide bonds. The van der Waals surface area contributed by atoms with Crippen molar-refractivity contribution >= 4 is 10.0 Å². The summed E-state index contributed by atoms with van der Waals surface area (Å²) in [5.74, 6) is -4.99. The molecule has 0 aliphatic carbocycles. The van der Waals surface area contributed by atoms with Gasteiger partial charge in [-0.15, -0.1) is 0 Å². The lowest BCUT2D eigenvalue weighted by Gasteiger charge is -2.07. The first kappa shape index (κ1) is 13.9. The van der Waals surface area contributed by atoms with E-state index in [0.29, 0.717) is 18.6 Å². The van der Waals surface area contributed by atoms with Crippen LogP contribution in [0, 0.1) is 17.5 Å². The first-order chi connectivity index (χ1) is 7.90. The van der Waals surface area contributed by atoms with Crippen LogP contribution in [0.4, 0.5) is 13.2 Å². The summed E-state index contributed by atoms with van der Waals surface area (Å²) in [5.41, 5.74) is 5.15. The average Bonchev–Trinajstić information content (AvgIpc) is 2.26. The van der Waals surface area contributed by atoms with Crippen molar-refractivity contribution in [2.24, 2.45) is 5.73 Å². The Morgan fingerprint density at radius 2 is 1.82 bits per heavy atom. The third-order valence-electron chi connectivity index (χ3n) is 1.96. The molecule has 0 unspecified atom stereocenters. The second-order valence-corrected chi connectivity index (χ2v) is 4.95. The third kappa shape index (κ3) is 3.18. The smallest absolute Gasteiger partial charge is 0.243 e. The van der Waals surface area contributed by atoms with Crippen LogP contribution in [0.25, 0.3) is 0 Å². The van der Waals surface area contributed by atoms with Gasteiger partial charge in [0.05, 0.1) is 0 Å². The second kappa shape index (κ2) is 5.48. The second-order valence-electron chi connectivity index (χ2n) is 3.21. The number of nitrogens with two attached hydrogens (primary N) is 1. The van der Waals surface area contributed by atoms with Crippen LogP contribution in [0.15, 0.2) is 17.0 Å². The van der Waals surface area contributed by atoms with Crippen LogP contribution in [-0.4, -0.2) is 21.5 Å². The minimum Gasteiger partial charge on any atom is -0.330 e. The maximum atomic E-state index is 13.2. The first-order valence-electron chi connectivity index (χ1n) is 4.73. The van der Waals surface area contributed by atoms with Crippen LogP contribution in [0.5, 0.6) is 0 Å². The molecular formula is C9H11F3N2O2S. The Morgan fingerprint density at radius 1 is 1.18 bits per heavy atom. The van der Waals surface area contributed by atoms with Crippen molar-refractivity contribution in [3.05, 3.63) is 29.6 Å². The highest BCUT2D eigenvalue weighted by Gasteiger charge is 2.23. The Morgan fingerprint density at radius 3 is 2.41 bits per heavy atom. The monoisotopic (exact) mass is 268 g/mol. The van der Waals surface area contributed by atoms with Crippen molar-refractivity contribution in [3.8, 4) is 0 Å². The molecule has 0 spiro atoms. The lowest BCUT2D eigenvalue weighted by Crippen LogP contribution is -2.27. The third-order valence-corrected chi connectivity index (χ3v) is 3.44. The van der Waals surface area contributed by atoms with E-state index in [-0.39, 0.29) is 13.1 Å². The number of benzene rings is 1. The van der Waals surface area contributed by atoms with Crippen molar-refractivity contribution in [2.45, 2.75) is 11.3 Å². The predicted octanol–water partition coefficient (Wildman–Crippen LogP) is 0.731. The molecule has 8 heteroatoms. The van der Waals surface area contributed by atoms with Gasteiger partial charge < -0.3 is 5.73 Å². The topological polar surface area (TPSA) is 72.2 Å². The zero-order chi connectivity index (χ0) is 13.1. The van der Waals surface area contributed by atoms with Crippen LogP contribution in [-0.2, 0) is 10.0 Å². The Bertz CT molecular complexity index is 505. The molecule has 4 nitrogen and oxygen atoms in total. The summed E-state index contributed by atoms with van der Waals surface area (Å²) in [5, 5.41) is 0. The minimum atomic E-state index is -4.19. The molecule has 17 heavy (non-hydrogen) atoms. The van der Waals surface area contributed by atoms with Crippen LogP contribution in [0.1, 0.15) is 6.42 Å². The number of sulfonamides is 1. The lowest BCUT2D eigenvalue weighted by atomic mass is 10.3. The molecule has 0 fully saturated rings. The summed E-state index contributed by atoms with van der Waals surface area (Å²) >= 11 is 0. The molecule has 0 aromatic heterocycles. The molecule has 0 aliphatic rings. The van der Waals surface area contributed by atoms with Gasteiger partial charge in [-0.25, -0.2) is 26.3 Å². The maximum Gasteiger partial charge on any atom is 0.243 e. The van der Waals surface area contributed by atoms with Crippen molar-refractivity contribution in [3.63, 3.8) is 0 Å². The summed E-state index contributed by atoms with van der Waals surface area (Å²) in [6, 6.07) is 1.22. The average molecular weight is 268 g/mol. The molecular weight excluding hydrogens is 257 g/mol. The number of rotatable bonds is 5. The van der Waals surface area contributed by atoms with Crippen molar-refractivity contribution in [1.82, 2.24) is 4.72 Å². The molecule has 0 saturated heterocycles. The van der Waals surface area contributed by atoms with E-state index in [1.54, 1.807) is 0 Å². The number of halogens is 3. The highest BCUT2D eigenvalue weighted by Crippen LogP contribution is 2.19. The molecule has 1 aromatic rings. The van der Waals surface area contributed by atoms with Gasteiger partial charge >= 0.3 is 0 Å². The SMILES string of the molecule is NCCCNS(=O)(=O)c1ccc(F)c(F)c1F. The molecule has 0 atom stereocenters. The molecule has 3 N–H and O–H groups in total. The van der Waals surface area contributed by atoms with Gasteiger partial charge in [-0.05, 0) is 25.1 Å². The zero-order valence-electron chi connectivity index (χ0n) is 8.71. The molecule has 0 radical (unpaired) electrons. The van der Waals surface area contributed by atoms with Gasteiger partial charge in [-0.3, -0.25) is 0 Å². The van der Waals surface area contributed by atoms with E-state index in [1.807, 2.05) is 4.72 Å². The Hall–Kier alpha value is -1.12. The van der Waals surface area contributed by atoms with Crippen LogP contribution >= 0.6 is 0 Å². The van der Waals surface area contributed by atoms with Crippen LogP contribution in [0.3, 0.4) is 0 Å². The zero-order valence-corrected chi connectivity index (χ0v) is 9.53. The predicted molar refractivity (Wildman–Crippen MR) is 55.2 cm³/mol. The Labute approximate surface area is 96.7 Å². The normalized spacial score (nSPS) is 11.8. The Balaban J connectivity index is 3.04. The summed E-state index contributed by atoms with van der Waals surface area (Å²) in [7, 11) is -4.19. The fourth-order valence-electron chi connectivity index (χ4n) is 1.10. The summed E-state index contributed by atoms with van der Waals surface area (Å²) in [6.07, 6.45) is 0.352. The van der Waals surface area contributed by atoms with Crippen molar-refractivity contribution in [1.29, 1.82) is 0 Å². The van der Waals surface area contributed by atoms with Gasteiger partial charge in [0, 0.05) is 6.54 Å². The highest BCUT2D eigenvalue weighted by atomic mass is 32.2. The summed E-state index contributed by atoms with van der Waals surface area (Å²) in [6.45, 7) is 0.250. The molecule has 0 aliphatic heterocycles. The van der Waals surface area contributed by atoms with Crippen LogP contribution in [0.2, 0.25) is 0 Å². The largest absolute Gasteiger partial charge is 0.330 e.